The number of hydrogen-bond donors (Lipinski definition) is 0. The Labute approximate surface area is 123 Å². The van der Waals surface area contributed by atoms with E-state index < -0.39 is 0 Å². The molecule has 2 aromatic rings. The fourth-order valence-corrected chi connectivity index (χ4v) is 2.00. The van der Waals surface area contributed by atoms with Crippen LogP contribution in [0.25, 0.3) is 0 Å². The van der Waals surface area contributed by atoms with Gasteiger partial charge in [0.1, 0.15) is 24.2 Å². The van der Waals surface area contributed by atoms with Crippen molar-refractivity contribution in [2.45, 2.75) is 13.5 Å². The van der Waals surface area contributed by atoms with E-state index in [1.54, 1.807) is 25.3 Å². The van der Waals surface area contributed by atoms with E-state index in [1.807, 2.05) is 30.3 Å². The SMILES string of the molecule is COc1ccccc1COc1ccc(C(C)=O)c(C#N)c1. The number of Topliss-reactive ketones (excluding diaryl/α,β-unsaturated/α-hetero) is 1. The molecule has 4 heteroatoms. The second-order valence-electron chi connectivity index (χ2n) is 4.48. The molecule has 0 saturated carbocycles. The number of para-hydroxylation sites is 1. The van der Waals surface area contributed by atoms with E-state index in [2.05, 4.69) is 0 Å². The van der Waals surface area contributed by atoms with Crippen molar-refractivity contribution in [3.05, 3.63) is 59.2 Å². The third-order valence-corrected chi connectivity index (χ3v) is 3.08. The maximum Gasteiger partial charge on any atom is 0.161 e. The van der Waals surface area contributed by atoms with Crippen LogP contribution >= 0.6 is 0 Å². The van der Waals surface area contributed by atoms with E-state index in [0.29, 0.717) is 23.5 Å². The van der Waals surface area contributed by atoms with Crippen LogP contribution in [0.1, 0.15) is 28.4 Å². The van der Waals surface area contributed by atoms with Crippen molar-refractivity contribution in [3.63, 3.8) is 0 Å². The molecule has 0 aliphatic heterocycles. The van der Waals surface area contributed by atoms with E-state index in [0.717, 1.165) is 11.3 Å². The fraction of sp³-hybridized carbons (Fsp3) is 0.176. The summed E-state index contributed by atoms with van der Waals surface area (Å²) in [7, 11) is 1.61. The van der Waals surface area contributed by atoms with Crippen molar-refractivity contribution in [2.75, 3.05) is 7.11 Å². The molecule has 0 saturated heterocycles. The molecule has 106 valence electrons. The lowest BCUT2D eigenvalue weighted by molar-refractivity contribution is 0.101. The number of hydrogen-bond acceptors (Lipinski definition) is 4. The summed E-state index contributed by atoms with van der Waals surface area (Å²) in [5.41, 5.74) is 1.64. The van der Waals surface area contributed by atoms with Crippen LogP contribution in [0, 0.1) is 11.3 Å². The molecule has 0 fully saturated rings. The van der Waals surface area contributed by atoms with E-state index in [4.69, 9.17) is 14.7 Å². The largest absolute Gasteiger partial charge is 0.496 e. The first kappa shape index (κ1) is 14.6. The van der Waals surface area contributed by atoms with Crippen LogP contribution in [0.2, 0.25) is 0 Å². The molecular weight excluding hydrogens is 266 g/mol. The number of methoxy groups -OCH3 is 1. The molecule has 0 heterocycles. The number of carbonyl (C=O) groups excluding carboxylic acids is 1. The third-order valence-electron chi connectivity index (χ3n) is 3.08. The van der Waals surface area contributed by atoms with E-state index in [9.17, 15) is 4.79 Å². The molecule has 2 aromatic carbocycles. The molecule has 0 atom stereocenters. The monoisotopic (exact) mass is 281 g/mol. The first-order chi connectivity index (χ1) is 10.2. The Bertz CT molecular complexity index is 701. The van der Waals surface area contributed by atoms with Crippen molar-refractivity contribution < 1.29 is 14.3 Å². The minimum absolute atomic E-state index is 0.136. The Balaban J connectivity index is 2.18. The van der Waals surface area contributed by atoms with Gasteiger partial charge in [-0.25, -0.2) is 0 Å². The number of carbonyl (C=O) groups is 1. The molecular formula is C17H15NO3. The van der Waals surface area contributed by atoms with Crippen LogP contribution in [0.15, 0.2) is 42.5 Å². The zero-order chi connectivity index (χ0) is 15.2. The summed E-state index contributed by atoms with van der Waals surface area (Å²) < 4.78 is 10.9. The van der Waals surface area contributed by atoms with Crippen LogP contribution in [0.5, 0.6) is 11.5 Å². The number of rotatable bonds is 5. The Morgan fingerprint density at radius 1 is 1.24 bits per heavy atom. The molecule has 21 heavy (non-hydrogen) atoms. The smallest absolute Gasteiger partial charge is 0.161 e. The Morgan fingerprint density at radius 3 is 2.67 bits per heavy atom. The standard InChI is InChI=1S/C17H15NO3/c1-12(19)16-8-7-15(9-14(16)10-18)21-11-13-5-3-4-6-17(13)20-2/h3-9H,11H2,1-2H3. The van der Waals surface area contributed by atoms with Gasteiger partial charge in [0, 0.05) is 11.1 Å². The zero-order valence-corrected chi connectivity index (χ0v) is 11.9. The lowest BCUT2D eigenvalue weighted by atomic mass is 10.1. The van der Waals surface area contributed by atoms with Gasteiger partial charge in [-0.3, -0.25) is 4.79 Å². The van der Waals surface area contributed by atoms with Crippen molar-refractivity contribution in [1.29, 1.82) is 5.26 Å². The van der Waals surface area contributed by atoms with Crippen LogP contribution in [0.4, 0.5) is 0 Å². The molecule has 0 bridgehead atoms. The highest BCUT2D eigenvalue weighted by Crippen LogP contribution is 2.22. The van der Waals surface area contributed by atoms with Crippen molar-refractivity contribution >= 4 is 5.78 Å². The minimum atomic E-state index is -0.136. The minimum Gasteiger partial charge on any atom is -0.496 e. The predicted octanol–water partition coefficient (Wildman–Crippen LogP) is 3.35. The summed E-state index contributed by atoms with van der Waals surface area (Å²) in [6, 6.07) is 14.4. The topological polar surface area (TPSA) is 59.3 Å². The lowest BCUT2D eigenvalue weighted by Crippen LogP contribution is -2.01. The summed E-state index contributed by atoms with van der Waals surface area (Å²) in [4.78, 5) is 11.4. The number of benzene rings is 2. The van der Waals surface area contributed by atoms with Crippen LogP contribution in [-0.2, 0) is 6.61 Å². The summed E-state index contributed by atoms with van der Waals surface area (Å²) >= 11 is 0. The number of ketones is 1. The average Bonchev–Trinajstić information content (AvgIpc) is 2.52. The van der Waals surface area contributed by atoms with Crippen molar-refractivity contribution in [3.8, 4) is 17.6 Å². The number of nitrogens with zero attached hydrogens (tertiary/aromatic N) is 1. The summed E-state index contributed by atoms with van der Waals surface area (Å²) in [5.74, 6) is 1.16. The van der Waals surface area contributed by atoms with Crippen molar-refractivity contribution in [1.82, 2.24) is 0 Å². The van der Waals surface area contributed by atoms with Gasteiger partial charge in [0.05, 0.1) is 12.7 Å². The highest BCUT2D eigenvalue weighted by Gasteiger charge is 2.09. The molecule has 0 radical (unpaired) electrons. The van der Waals surface area contributed by atoms with E-state index in [-0.39, 0.29) is 5.78 Å². The van der Waals surface area contributed by atoms with Crippen LogP contribution in [-0.4, -0.2) is 12.9 Å². The molecule has 0 aliphatic rings. The highest BCUT2D eigenvalue weighted by atomic mass is 16.5. The third kappa shape index (κ3) is 3.40. The Kier molecular flexibility index (Phi) is 4.57. The normalized spacial score (nSPS) is 9.76. The quantitative estimate of drug-likeness (QED) is 0.788. The maximum atomic E-state index is 11.4. The van der Waals surface area contributed by atoms with E-state index in [1.165, 1.54) is 6.92 Å². The highest BCUT2D eigenvalue weighted by molar-refractivity contribution is 5.96. The molecule has 0 unspecified atom stereocenters. The Hall–Kier alpha value is -2.80. The molecule has 0 N–H and O–H groups in total. The first-order valence-corrected chi connectivity index (χ1v) is 6.45. The van der Waals surface area contributed by atoms with Gasteiger partial charge in [0.25, 0.3) is 0 Å². The summed E-state index contributed by atoms with van der Waals surface area (Å²) in [5, 5.41) is 9.08. The second kappa shape index (κ2) is 6.58. The van der Waals surface area contributed by atoms with Gasteiger partial charge in [-0.15, -0.1) is 0 Å². The summed E-state index contributed by atoms with van der Waals surface area (Å²) in [6.45, 7) is 1.76. The average molecular weight is 281 g/mol. The van der Waals surface area contributed by atoms with Gasteiger partial charge in [-0.05, 0) is 31.2 Å². The first-order valence-electron chi connectivity index (χ1n) is 6.45. The lowest BCUT2D eigenvalue weighted by Gasteiger charge is -2.11. The van der Waals surface area contributed by atoms with Crippen molar-refractivity contribution in [2.24, 2.45) is 0 Å². The molecule has 0 amide bonds. The zero-order valence-electron chi connectivity index (χ0n) is 11.9. The molecule has 0 spiro atoms. The molecule has 4 nitrogen and oxygen atoms in total. The molecule has 0 aromatic heterocycles. The van der Waals surface area contributed by atoms with Gasteiger partial charge in [0.15, 0.2) is 5.78 Å². The van der Waals surface area contributed by atoms with Gasteiger partial charge >= 0.3 is 0 Å². The second-order valence-corrected chi connectivity index (χ2v) is 4.48. The van der Waals surface area contributed by atoms with Crippen LogP contribution in [0.3, 0.4) is 0 Å². The maximum absolute atomic E-state index is 11.4. The van der Waals surface area contributed by atoms with E-state index >= 15 is 0 Å². The number of nitriles is 1. The Morgan fingerprint density at radius 2 is 2.00 bits per heavy atom. The number of ether oxygens (including phenoxy) is 2. The molecule has 2 rings (SSSR count). The van der Waals surface area contributed by atoms with Crippen LogP contribution < -0.4 is 9.47 Å². The fourth-order valence-electron chi connectivity index (χ4n) is 2.00. The molecule has 0 aliphatic carbocycles. The van der Waals surface area contributed by atoms with Gasteiger partial charge in [-0.2, -0.15) is 5.26 Å². The van der Waals surface area contributed by atoms with Gasteiger partial charge < -0.3 is 9.47 Å². The summed E-state index contributed by atoms with van der Waals surface area (Å²) in [6.07, 6.45) is 0. The van der Waals surface area contributed by atoms with Gasteiger partial charge in [-0.1, -0.05) is 18.2 Å². The predicted molar refractivity (Wildman–Crippen MR) is 78.5 cm³/mol. The van der Waals surface area contributed by atoms with Gasteiger partial charge in [0.2, 0.25) is 0 Å².